The molecule has 2 aromatic rings. The Morgan fingerprint density at radius 1 is 1.52 bits per heavy atom. The minimum atomic E-state index is -0.300. The topological polar surface area (TPSA) is 97.5 Å². The van der Waals surface area contributed by atoms with Gasteiger partial charge in [-0.15, -0.1) is 0 Å². The molecule has 0 radical (unpaired) electrons. The van der Waals surface area contributed by atoms with Crippen LogP contribution >= 0.6 is 11.3 Å². The maximum Gasteiger partial charge on any atom is 0.240 e. The number of nitrogens with two attached hydrogens (primary N) is 1. The minimum absolute atomic E-state index is 0.145. The number of nitrogens with one attached hydrogen (secondary N) is 1. The monoisotopic (exact) mass is 334 g/mol. The number of rotatable bonds is 5. The number of carbonyl (C=O) groups excluding carboxylic acids is 2. The molecular formula is C15H18N4O3S. The maximum absolute atomic E-state index is 12.1. The molecule has 1 unspecified atom stereocenters. The molecule has 0 saturated carbocycles. The number of hydrogen-bond acceptors (Lipinski definition) is 6. The Balaban J connectivity index is 1.63. The number of benzene rings is 1. The van der Waals surface area contributed by atoms with Crippen molar-refractivity contribution in [2.24, 2.45) is 11.7 Å². The van der Waals surface area contributed by atoms with Gasteiger partial charge in [0.25, 0.3) is 0 Å². The Morgan fingerprint density at radius 3 is 3.04 bits per heavy atom. The molecule has 23 heavy (non-hydrogen) atoms. The predicted octanol–water partition coefficient (Wildman–Crippen LogP) is 1.05. The van der Waals surface area contributed by atoms with E-state index < -0.39 is 0 Å². The number of fused-ring (bicyclic) bond motifs is 1. The first-order valence-electron chi connectivity index (χ1n) is 7.32. The van der Waals surface area contributed by atoms with E-state index in [1.54, 1.807) is 7.11 Å². The van der Waals surface area contributed by atoms with Crippen molar-refractivity contribution in [3.63, 3.8) is 0 Å². The van der Waals surface area contributed by atoms with Gasteiger partial charge in [-0.1, -0.05) is 17.4 Å². The molecule has 3 rings (SSSR count). The molecule has 3 N–H and O–H groups in total. The van der Waals surface area contributed by atoms with Crippen molar-refractivity contribution < 1.29 is 14.3 Å². The van der Waals surface area contributed by atoms with Gasteiger partial charge in [-0.2, -0.15) is 0 Å². The van der Waals surface area contributed by atoms with Gasteiger partial charge in [0.15, 0.2) is 5.13 Å². The van der Waals surface area contributed by atoms with Crippen molar-refractivity contribution in [1.29, 1.82) is 0 Å². The summed E-state index contributed by atoms with van der Waals surface area (Å²) >= 11 is 1.40. The van der Waals surface area contributed by atoms with E-state index >= 15 is 0 Å². The number of aromatic nitrogens is 1. The van der Waals surface area contributed by atoms with E-state index in [0.29, 0.717) is 30.4 Å². The summed E-state index contributed by atoms with van der Waals surface area (Å²) in [6.07, 6.45) is 0.709. The number of hydrogen-bond donors (Lipinski definition) is 2. The van der Waals surface area contributed by atoms with Gasteiger partial charge in [-0.3, -0.25) is 14.5 Å². The van der Waals surface area contributed by atoms with Crippen molar-refractivity contribution in [2.75, 3.05) is 32.1 Å². The number of para-hydroxylation sites is 1. The van der Waals surface area contributed by atoms with E-state index in [0.717, 1.165) is 10.2 Å². The van der Waals surface area contributed by atoms with Gasteiger partial charge in [-0.25, -0.2) is 4.98 Å². The Labute approximate surface area is 137 Å². The molecule has 1 atom stereocenters. The Hall–Kier alpha value is -2.19. The Kier molecular flexibility index (Phi) is 4.44. The van der Waals surface area contributed by atoms with Crippen LogP contribution < -0.4 is 15.8 Å². The van der Waals surface area contributed by atoms with Gasteiger partial charge in [-0.05, 0) is 25.1 Å². The number of methoxy groups -OCH3 is 1. The summed E-state index contributed by atoms with van der Waals surface area (Å²) in [4.78, 5) is 29.6. The Morgan fingerprint density at radius 2 is 2.35 bits per heavy atom. The standard InChI is InChI=1S/C15H18N4O3S/c1-22-10-3-2-4-11-13(10)18-15(23-11)17-12(20)8-19-6-5-9(7-19)14(16)21/h2-4,9H,5-8H2,1H3,(H2,16,21)(H,17,18,20). The van der Waals surface area contributed by atoms with Gasteiger partial charge < -0.3 is 15.8 Å². The minimum Gasteiger partial charge on any atom is -0.494 e. The first kappa shape index (κ1) is 15.7. The lowest BCUT2D eigenvalue weighted by Crippen LogP contribution is -2.33. The number of nitrogens with zero attached hydrogens (tertiary/aromatic N) is 2. The van der Waals surface area contributed by atoms with E-state index in [-0.39, 0.29) is 24.3 Å². The van der Waals surface area contributed by atoms with Crippen LogP contribution in [0.25, 0.3) is 10.2 Å². The van der Waals surface area contributed by atoms with Crippen LogP contribution in [0, 0.1) is 5.92 Å². The summed E-state index contributed by atoms with van der Waals surface area (Å²) in [5, 5.41) is 3.35. The maximum atomic E-state index is 12.1. The van der Waals surface area contributed by atoms with Crippen LogP contribution in [-0.2, 0) is 9.59 Å². The van der Waals surface area contributed by atoms with Crippen LogP contribution in [0.3, 0.4) is 0 Å². The summed E-state index contributed by atoms with van der Waals surface area (Å²) in [6, 6.07) is 5.66. The van der Waals surface area contributed by atoms with Gasteiger partial charge in [0.2, 0.25) is 11.8 Å². The van der Waals surface area contributed by atoms with Crippen LogP contribution in [0.5, 0.6) is 5.75 Å². The van der Waals surface area contributed by atoms with Crippen LogP contribution in [0.2, 0.25) is 0 Å². The largest absolute Gasteiger partial charge is 0.494 e. The van der Waals surface area contributed by atoms with Crippen molar-refractivity contribution in [3.8, 4) is 5.75 Å². The van der Waals surface area contributed by atoms with Gasteiger partial charge in [0.05, 0.1) is 24.3 Å². The summed E-state index contributed by atoms with van der Waals surface area (Å²) in [5.74, 6) is 0.0805. The van der Waals surface area contributed by atoms with Crippen molar-refractivity contribution in [1.82, 2.24) is 9.88 Å². The molecule has 2 amide bonds. The summed E-state index contributed by atoms with van der Waals surface area (Å²) in [5.41, 5.74) is 6.04. The number of ether oxygens (including phenoxy) is 1. The highest BCUT2D eigenvalue weighted by Crippen LogP contribution is 2.32. The zero-order valence-electron chi connectivity index (χ0n) is 12.7. The molecule has 1 aromatic heterocycles. The predicted molar refractivity (Wildman–Crippen MR) is 88.5 cm³/mol. The third-order valence-electron chi connectivity index (χ3n) is 3.89. The average Bonchev–Trinajstić information content (AvgIpc) is 3.12. The molecule has 1 aliphatic rings. The number of likely N-dealkylation sites (tertiary alicyclic amines) is 1. The summed E-state index contributed by atoms with van der Waals surface area (Å²) < 4.78 is 6.22. The van der Waals surface area contributed by atoms with Gasteiger partial charge in [0, 0.05) is 6.54 Å². The average molecular weight is 334 g/mol. The summed E-state index contributed by atoms with van der Waals surface area (Å²) in [7, 11) is 1.59. The van der Waals surface area contributed by atoms with Crippen molar-refractivity contribution in [3.05, 3.63) is 18.2 Å². The zero-order valence-corrected chi connectivity index (χ0v) is 13.6. The van der Waals surface area contributed by atoms with Gasteiger partial charge >= 0.3 is 0 Å². The normalized spacial score (nSPS) is 18.2. The highest BCUT2D eigenvalue weighted by molar-refractivity contribution is 7.22. The molecule has 122 valence electrons. The molecule has 1 aromatic carbocycles. The highest BCUT2D eigenvalue weighted by atomic mass is 32.1. The number of primary amides is 1. The third kappa shape index (κ3) is 3.43. The fourth-order valence-corrected chi connectivity index (χ4v) is 3.61. The lowest BCUT2D eigenvalue weighted by atomic mass is 10.1. The molecule has 1 saturated heterocycles. The number of anilines is 1. The fraction of sp³-hybridized carbons (Fsp3) is 0.400. The fourth-order valence-electron chi connectivity index (χ4n) is 2.71. The quantitative estimate of drug-likeness (QED) is 0.852. The van der Waals surface area contributed by atoms with Crippen LogP contribution in [-0.4, -0.2) is 48.4 Å². The molecule has 7 nitrogen and oxygen atoms in total. The lowest BCUT2D eigenvalue weighted by Gasteiger charge is -2.13. The van der Waals surface area contributed by atoms with Crippen molar-refractivity contribution >= 4 is 38.5 Å². The second-order valence-corrected chi connectivity index (χ2v) is 6.53. The molecule has 0 bridgehead atoms. The van der Waals surface area contributed by atoms with E-state index in [1.165, 1.54) is 11.3 Å². The zero-order chi connectivity index (χ0) is 16.4. The third-order valence-corrected chi connectivity index (χ3v) is 4.83. The number of carbonyl (C=O) groups is 2. The Bertz CT molecular complexity index is 745. The van der Waals surface area contributed by atoms with E-state index in [9.17, 15) is 9.59 Å². The molecular weight excluding hydrogens is 316 g/mol. The first-order chi connectivity index (χ1) is 11.1. The molecule has 8 heteroatoms. The van der Waals surface area contributed by atoms with Gasteiger partial charge in [0.1, 0.15) is 11.3 Å². The van der Waals surface area contributed by atoms with E-state index in [4.69, 9.17) is 10.5 Å². The van der Waals surface area contributed by atoms with E-state index in [1.807, 2.05) is 23.1 Å². The lowest BCUT2D eigenvalue weighted by molar-refractivity contribution is -0.122. The molecule has 0 aliphatic carbocycles. The number of amides is 2. The molecule has 2 heterocycles. The van der Waals surface area contributed by atoms with Crippen LogP contribution in [0.1, 0.15) is 6.42 Å². The number of thiazole rings is 1. The van der Waals surface area contributed by atoms with Crippen LogP contribution in [0.4, 0.5) is 5.13 Å². The van der Waals surface area contributed by atoms with Crippen LogP contribution in [0.15, 0.2) is 18.2 Å². The molecule has 0 spiro atoms. The SMILES string of the molecule is COc1cccc2sc(NC(=O)CN3CCC(C(N)=O)C3)nc12. The smallest absolute Gasteiger partial charge is 0.240 e. The highest BCUT2D eigenvalue weighted by Gasteiger charge is 2.27. The molecule has 1 aliphatic heterocycles. The van der Waals surface area contributed by atoms with E-state index in [2.05, 4.69) is 10.3 Å². The van der Waals surface area contributed by atoms with Crippen molar-refractivity contribution in [2.45, 2.75) is 6.42 Å². The summed E-state index contributed by atoms with van der Waals surface area (Å²) in [6.45, 7) is 1.47. The first-order valence-corrected chi connectivity index (χ1v) is 8.13. The molecule has 1 fully saturated rings. The second kappa shape index (κ2) is 6.51. The second-order valence-electron chi connectivity index (χ2n) is 5.50.